The van der Waals surface area contributed by atoms with E-state index in [2.05, 4.69) is 0 Å². The van der Waals surface area contributed by atoms with Gasteiger partial charge in [-0.2, -0.15) is 0 Å². The fourth-order valence-electron chi connectivity index (χ4n) is 0.849. The maximum atomic E-state index is 10.4. The molecule has 0 aliphatic carbocycles. The lowest BCUT2D eigenvalue weighted by Crippen LogP contribution is -1.85. The molecule has 0 bridgehead atoms. The highest BCUT2D eigenvalue weighted by Gasteiger charge is 2.03. The molecule has 0 aliphatic heterocycles. The Balaban J connectivity index is 3.17. The first-order valence-corrected chi connectivity index (χ1v) is 4.19. The molecule has 0 saturated carbocycles. The molecule has 1 N–H and O–H groups in total. The summed E-state index contributed by atoms with van der Waals surface area (Å²) in [4.78, 5) is 10.4. The molecule has 13 heavy (non-hydrogen) atoms. The molecule has 1 aromatic rings. The molecule has 0 aliphatic rings. The SMILES string of the molecule is O=CC(=CO)c1ccc(Cl)c(Cl)c1. The molecule has 0 atom stereocenters. The van der Waals surface area contributed by atoms with Gasteiger partial charge in [0.2, 0.25) is 0 Å². The largest absolute Gasteiger partial charge is 0.515 e. The van der Waals surface area contributed by atoms with E-state index in [0.717, 1.165) is 6.26 Å². The van der Waals surface area contributed by atoms with E-state index in [1.807, 2.05) is 0 Å². The average molecular weight is 217 g/mol. The van der Waals surface area contributed by atoms with Crippen LogP contribution in [0.25, 0.3) is 5.57 Å². The minimum atomic E-state index is 0.165. The van der Waals surface area contributed by atoms with Crippen LogP contribution in [0.5, 0.6) is 0 Å². The van der Waals surface area contributed by atoms with Crippen molar-refractivity contribution in [1.82, 2.24) is 0 Å². The van der Waals surface area contributed by atoms with Crippen LogP contribution in [-0.4, -0.2) is 11.4 Å². The van der Waals surface area contributed by atoms with Crippen molar-refractivity contribution in [2.24, 2.45) is 0 Å². The van der Waals surface area contributed by atoms with Crippen LogP contribution in [-0.2, 0) is 4.79 Å². The van der Waals surface area contributed by atoms with Crippen LogP contribution in [0, 0.1) is 0 Å². The van der Waals surface area contributed by atoms with Gasteiger partial charge in [0.25, 0.3) is 0 Å². The van der Waals surface area contributed by atoms with Gasteiger partial charge in [-0.15, -0.1) is 0 Å². The summed E-state index contributed by atoms with van der Waals surface area (Å²) in [5.41, 5.74) is 0.700. The molecule has 68 valence electrons. The van der Waals surface area contributed by atoms with Crippen LogP contribution in [0.4, 0.5) is 0 Å². The van der Waals surface area contributed by atoms with Crippen LogP contribution in [0.1, 0.15) is 5.56 Å². The number of aliphatic hydroxyl groups excluding tert-OH is 1. The Morgan fingerprint density at radius 3 is 2.46 bits per heavy atom. The van der Waals surface area contributed by atoms with Crippen molar-refractivity contribution in [2.45, 2.75) is 0 Å². The number of aldehydes is 1. The molecular formula is C9H6Cl2O2. The predicted octanol–water partition coefficient (Wildman–Crippen LogP) is 3.09. The number of halogens is 2. The van der Waals surface area contributed by atoms with Gasteiger partial charge in [0.15, 0.2) is 6.29 Å². The van der Waals surface area contributed by atoms with E-state index < -0.39 is 0 Å². The Morgan fingerprint density at radius 2 is 2.00 bits per heavy atom. The zero-order chi connectivity index (χ0) is 9.84. The second kappa shape index (κ2) is 4.30. The number of hydrogen-bond acceptors (Lipinski definition) is 2. The van der Waals surface area contributed by atoms with Crippen LogP contribution < -0.4 is 0 Å². The number of aliphatic hydroxyl groups is 1. The van der Waals surface area contributed by atoms with E-state index in [9.17, 15) is 4.79 Å². The fraction of sp³-hybridized carbons (Fsp3) is 0. The molecular weight excluding hydrogens is 211 g/mol. The Hall–Kier alpha value is -0.990. The molecule has 0 aromatic heterocycles. The Labute approximate surface area is 85.4 Å². The van der Waals surface area contributed by atoms with Crippen LogP contribution in [0.15, 0.2) is 24.5 Å². The first-order valence-electron chi connectivity index (χ1n) is 3.44. The van der Waals surface area contributed by atoms with E-state index in [1.165, 1.54) is 6.07 Å². The summed E-state index contributed by atoms with van der Waals surface area (Å²) < 4.78 is 0. The van der Waals surface area contributed by atoms with Crippen molar-refractivity contribution in [3.63, 3.8) is 0 Å². The zero-order valence-corrected chi connectivity index (χ0v) is 8.01. The molecule has 2 nitrogen and oxygen atoms in total. The molecule has 0 amide bonds. The summed E-state index contributed by atoms with van der Waals surface area (Å²) in [6.45, 7) is 0. The van der Waals surface area contributed by atoms with Crippen molar-refractivity contribution in [2.75, 3.05) is 0 Å². The topological polar surface area (TPSA) is 37.3 Å². The molecule has 0 fully saturated rings. The van der Waals surface area contributed by atoms with Gasteiger partial charge in [-0.1, -0.05) is 29.3 Å². The van der Waals surface area contributed by atoms with E-state index in [1.54, 1.807) is 12.1 Å². The summed E-state index contributed by atoms with van der Waals surface area (Å²) in [5, 5.41) is 9.43. The van der Waals surface area contributed by atoms with Crippen LogP contribution in [0.2, 0.25) is 10.0 Å². The third-order valence-corrected chi connectivity index (χ3v) is 2.26. The van der Waals surface area contributed by atoms with Crippen molar-refractivity contribution in [3.05, 3.63) is 40.1 Å². The fourth-order valence-corrected chi connectivity index (χ4v) is 1.15. The number of rotatable bonds is 2. The predicted molar refractivity (Wildman–Crippen MR) is 53.1 cm³/mol. The van der Waals surface area contributed by atoms with Crippen LogP contribution >= 0.6 is 23.2 Å². The Kier molecular flexibility index (Phi) is 3.34. The minimum Gasteiger partial charge on any atom is -0.515 e. The highest BCUT2D eigenvalue weighted by atomic mass is 35.5. The van der Waals surface area contributed by atoms with E-state index in [0.29, 0.717) is 21.9 Å². The molecule has 0 heterocycles. The highest BCUT2D eigenvalue weighted by Crippen LogP contribution is 2.25. The van der Waals surface area contributed by atoms with Gasteiger partial charge in [-0.25, -0.2) is 0 Å². The lowest BCUT2D eigenvalue weighted by Gasteiger charge is -2.00. The van der Waals surface area contributed by atoms with E-state index in [-0.39, 0.29) is 5.57 Å². The molecule has 0 spiro atoms. The van der Waals surface area contributed by atoms with Crippen molar-refractivity contribution in [3.8, 4) is 0 Å². The lowest BCUT2D eigenvalue weighted by atomic mass is 10.1. The Morgan fingerprint density at radius 1 is 1.31 bits per heavy atom. The molecule has 1 rings (SSSR count). The monoisotopic (exact) mass is 216 g/mol. The van der Waals surface area contributed by atoms with Crippen molar-refractivity contribution >= 4 is 35.1 Å². The van der Waals surface area contributed by atoms with Gasteiger partial charge in [0, 0.05) is 0 Å². The van der Waals surface area contributed by atoms with Gasteiger partial charge in [0.1, 0.15) is 0 Å². The number of carbonyl (C=O) groups is 1. The van der Waals surface area contributed by atoms with Crippen molar-refractivity contribution < 1.29 is 9.90 Å². The second-order valence-corrected chi connectivity index (χ2v) is 3.15. The second-order valence-electron chi connectivity index (χ2n) is 2.33. The maximum Gasteiger partial charge on any atom is 0.153 e. The average Bonchev–Trinajstić information content (AvgIpc) is 2.13. The smallest absolute Gasteiger partial charge is 0.153 e. The quantitative estimate of drug-likeness (QED) is 0.469. The van der Waals surface area contributed by atoms with Gasteiger partial charge in [0.05, 0.1) is 21.9 Å². The molecule has 0 saturated heterocycles. The standard InChI is InChI=1S/C9H6Cl2O2/c10-8-2-1-6(3-9(8)11)7(4-12)5-13/h1-5,12H. The molecule has 1 aromatic carbocycles. The normalized spacial score (nSPS) is 11.4. The summed E-state index contributed by atoms with van der Waals surface area (Å²) in [5.74, 6) is 0. The van der Waals surface area contributed by atoms with Crippen molar-refractivity contribution in [1.29, 1.82) is 0 Å². The summed E-state index contributed by atoms with van der Waals surface area (Å²) >= 11 is 11.4. The zero-order valence-electron chi connectivity index (χ0n) is 6.50. The van der Waals surface area contributed by atoms with E-state index in [4.69, 9.17) is 28.3 Å². The molecule has 0 unspecified atom stereocenters. The summed E-state index contributed by atoms with van der Waals surface area (Å²) in [7, 11) is 0. The van der Waals surface area contributed by atoms with Crippen LogP contribution in [0.3, 0.4) is 0 Å². The summed E-state index contributed by atoms with van der Waals surface area (Å²) in [6.07, 6.45) is 1.27. The molecule has 0 radical (unpaired) electrons. The third kappa shape index (κ3) is 2.23. The third-order valence-electron chi connectivity index (χ3n) is 1.52. The van der Waals surface area contributed by atoms with Gasteiger partial charge >= 0.3 is 0 Å². The summed E-state index contributed by atoms with van der Waals surface area (Å²) in [6, 6.07) is 4.68. The number of benzene rings is 1. The van der Waals surface area contributed by atoms with Gasteiger partial charge < -0.3 is 5.11 Å². The minimum absolute atomic E-state index is 0.165. The first-order chi connectivity index (χ1) is 6.19. The first kappa shape index (κ1) is 10.1. The number of hydrogen-bond donors (Lipinski definition) is 1. The van der Waals surface area contributed by atoms with Gasteiger partial charge in [-0.3, -0.25) is 4.79 Å². The maximum absolute atomic E-state index is 10.4. The molecule has 4 heteroatoms. The number of carbonyl (C=O) groups excluding carboxylic acids is 1. The lowest BCUT2D eigenvalue weighted by molar-refractivity contribution is -0.103. The number of allylic oxidation sites excluding steroid dienone is 1. The van der Waals surface area contributed by atoms with E-state index >= 15 is 0 Å². The Bertz CT molecular complexity index is 359. The highest BCUT2D eigenvalue weighted by molar-refractivity contribution is 6.42. The van der Waals surface area contributed by atoms with Gasteiger partial charge in [-0.05, 0) is 17.7 Å².